The van der Waals surface area contributed by atoms with Gasteiger partial charge in [-0.05, 0) is 37.3 Å². The van der Waals surface area contributed by atoms with E-state index >= 15 is 0 Å². The van der Waals surface area contributed by atoms with E-state index in [9.17, 15) is 4.79 Å². The Morgan fingerprint density at radius 2 is 1.93 bits per heavy atom. The maximum atomic E-state index is 12.0. The zero-order valence-electron chi connectivity index (χ0n) is 15.1. The van der Waals surface area contributed by atoms with Gasteiger partial charge in [-0.3, -0.25) is 0 Å². The molecule has 2 heterocycles. The molecule has 1 amide bonds. The fourth-order valence-corrected chi connectivity index (χ4v) is 3.53. The molecule has 0 saturated carbocycles. The second-order valence-corrected chi connectivity index (χ2v) is 6.88. The molecule has 6 nitrogen and oxygen atoms in total. The molecule has 0 aromatic heterocycles. The molecule has 7 heteroatoms. The second kappa shape index (κ2) is 7.48. The SMILES string of the molecule is CCOC(=O)N1CCN(C2=Nc3cc(Cl)ccc3Nc3ccccc32)CC1. The fraction of sp³-hybridized carbons (Fsp3) is 0.300. The van der Waals surface area contributed by atoms with E-state index in [1.165, 1.54) is 0 Å². The molecule has 4 rings (SSSR count). The van der Waals surface area contributed by atoms with E-state index in [1.807, 2.05) is 43.3 Å². The van der Waals surface area contributed by atoms with Gasteiger partial charge in [-0.2, -0.15) is 0 Å². The van der Waals surface area contributed by atoms with Crippen molar-refractivity contribution in [2.75, 3.05) is 38.1 Å². The van der Waals surface area contributed by atoms with Crippen molar-refractivity contribution in [2.45, 2.75) is 6.92 Å². The van der Waals surface area contributed by atoms with E-state index in [0.717, 1.165) is 28.5 Å². The number of rotatable bonds is 1. The first kappa shape index (κ1) is 17.7. The first-order valence-electron chi connectivity index (χ1n) is 9.07. The number of anilines is 2. The van der Waals surface area contributed by atoms with Crippen LogP contribution < -0.4 is 5.32 Å². The summed E-state index contributed by atoms with van der Waals surface area (Å²) in [6.45, 7) is 4.82. The molecule has 1 fully saturated rings. The minimum Gasteiger partial charge on any atom is -0.450 e. The molecular formula is C20H21ClN4O2. The fourth-order valence-electron chi connectivity index (χ4n) is 3.37. The summed E-state index contributed by atoms with van der Waals surface area (Å²) in [7, 11) is 0. The van der Waals surface area contributed by atoms with Crippen molar-refractivity contribution in [1.29, 1.82) is 0 Å². The van der Waals surface area contributed by atoms with Crippen molar-refractivity contribution >= 4 is 40.6 Å². The number of carbonyl (C=O) groups excluding carboxylic acids is 1. The van der Waals surface area contributed by atoms with Gasteiger partial charge in [0.25, 0.3) is 0 Å². The highest BCUT2D eigenvalue weighted by atomic mass is 35.5. The van der Waals surface area contributed by atoms with Crippen LogP contribution in [0.4, 0.5) is 21.9 Å². The van der Waals surface area contributed by atoms with E-state index in [4.69, 9.17) is 21.3 Å². The molecule has 0 bridgehead atoms. The summed E-state index contributed by atoms with van der Waals surface area (Å²) in [6, 6.07) is 13.8. The molecule has 0 radical (unpaired) electrons. The third-order valence-electron chi connectivity index (χ3n) is 4.73. The Kier molecular flexibility index (Phi) is 4.90. The van der Waals surface area contributed by atoms with E-state index in [-0.39, 0.29) is 6.09 Å². The van der Waals surface area contributed by atoms with Crippen LogP contribution in [0.2, 0.25) is 5.02 Å². The number of amidine groups is 1. The van der Waals surface area contributed by atoms with Crippen molar-refractivity contribution in [3.63, 3.8) is 0 Å². The lowest BCUT2D eigenvalue weighted by molar-refractivity contribution is 0.0921. The maximum absolute atomic E-state index is 12.0. The van der Waals surface area contributed by atoms with E-state index < -0.39 is 0 Å². The smallest absolute Gasteiger partial charge is 0.409 e. The number of hydrogen-bond acceptors (Lipinski definition) is 5. The molecule has 27 heavy (non-hydrogen) atoms. The van der Waals surface area contributed by atoms with Gasteiger partial charge in [0.05, 0.1) is 18.0 Å². The molecule has 2 aliphatic rings. The van der Waals surface area contributed by atoms with Gasteiger partial charge in [-0.15, -0.1) is 0 Å². The highest BCUT2D eigenvalue weighted by Crippen LogP contribution is 2.36. The summed E-state index contributed by atoms with van der Waals surface area (Å²) in [5.74, 6) is 0.891. The second-order valence-electron chi connectivity index (χ2n) is 6.44. The Hall–Kier alpha value is -2.73. The molecule has 0 unspecified atom stereocenters. The van der Waals surface area contributed by atoms with Gasteiger partial charge < -0.3 is 19.9 Å². The normalized spacial score (nSPS) is 15.9. The highest BCUT2D eigenvalue weighted by Gasteiger charge is 2.27. The molecule has 2 aromatic rings. The minimum absolute atomic E-state index is 0.251. The average molecular weight is 385 g/mol. The van der Waals surface area contributed by atoms with Crippen molar-refractivity contribution in [2.24, 2.45) is 4.99 Å². The maximum Gasteiger partial charge on any atom is 0.409 e. The molecule has 1 saturated heterocycles. The van der Waals surface area contributed by atoms with Gasteiger partial charge in [-0.1, -0.05) is 23.7 Å². The Bertz CT molecular complexity index is 891. The summed E-state index contributed by atoms with van der Waals surface area (Å²) in [6.07, 6.45) is -0.251. The first-order chi connectivity index (χ1) is 13.2. The Morgan fingerprint density at radius 3 is 2.70 bits per heavy atom. The molecular weight excluding hydrogens is 364 g/mol. The Balaban J connectivity index is 1.65. The predicted octanol–water partition coefficient (Wildman–Crippen LogP) is 4.25. The van der Waals surface area contributed by atoms with Crippen LogP contribution in [0.1, 0.15) is 12.5 Å². The number of para-hydroxylation sites is 1. The number of halogens is 1. The first-order valence-corrected chi connectivity index (χ1v) is 9.45. The van der Waals surface area contributed by atoms with Gasteiger partial charge in [0.2, 0.25) is 0 Å². The van der Waals surface area contributed by atoms with E-state index in [0.29, 0.717) is 37.8 Å². The summed E-state index contributed by atoms with van der Waals surface area (Å²) in [5.41, 5.74) is 3.77. The van der Waals surface area contributed by atoms with Crippen molar-refractivity contribution in [1.82, 2.24) is 9.80 Å². The van der Waals surface area contributed by atoms with Crippen molar-refractivity contribution in [3.8, 4) is 0 Å². The lowest BCUT2D eigenvalue weighted by Gasteiger charge is -2.36. The topological polar surface area (TPSA) is 57.2 Å². The zero-order chi connectivity index (χ0) is 18.8. The minimum atomic E-state index is -0.251. The van der Waals surface area contributed by atoms with Crippen LogP contribution in [0.5, 0.6) is 0 Å². The Labute approximate surface area is 163 Å². The van der Waals surface area contributed by atoms with Gasteiger partial charge in [0.1, 0.15) is 5.84 Å². The number of aliphatic imine (C=N–C) groups is 1. The number of amides is 1. The van der Waals surface area contributed by atoms with Crippen LogP contribution in [0, 0.1) is 0 Å². The molecule has 0 atom stereocenters. The number of fused-ring (bicyclic) bond motifs is 2. The van der Waals surface area contributed by atoms with Crippen LogP contribution in [0.3, 0.4) is 0 Å². The van der Waals surface area contributed by atoms with Gasteiger partial charge in [-0.25, -0.2) is 9.79 Å². The lowest BCUT2D eigenvalue weighted by atomic mass is 10.1. The highest BCUT2D eigenvalue weighted by molar-refractivity contribution is 6.31. The molecule has 2 aromatic carbocycles. The van der Waals surface area contributed by atoms with E-state index in [2.05, 4.69) is 16.3 Å². The van der Waals surface area contributed by atoms with Gasteiger partial charge in [0, 0.05) is 42.5 Å². The number of nitrogens with one attached hydrogen (secondary N) is 1. The van der Waals surface area contributed by atoms with Crippen molar-refractivity contribution in [3.05, 3.63) is 53.1 Å². The third kappa shape index (κ3) is 3.57. The lowest BCUT2D eigenvalue weighted by Crippen LogP contribution is -2.51. The number of piperazine rings is 1. The van der Waals surface area contributed by atoms with Crippen LogP contribution in [-0.2, 0) is 4.74 Å². The zero-order valence-corrected chi connectivity index (χ0v) is 15.9. The van der Waals surface area contributed by atoms with Crippen LogP contribution in [0.25, 0.3) is 0 Å². The van der Waals surface area contributed by atoms with E-state index in [1.54, 1.807) is 4.90 Å². The monoisotopic (exact) mass is 384 g/mol. The molecule has 2 aliphatic heterocycles. The number of hydrogen-bond donors (Lipinski definition) is 1. The van der Waals surface area contributed by atoms with Crippen LogP contribution in [0.15, 0.2) is 47.5 Å². The van der Waals surface area contributed by atoms with Crippen molar-refractivity contribution < 1.29 is 9.53 Å². The van der Waals surface area contributed by atoms with Gasteiger partial charge >= 0.3 is 6.09 Å². The third-order valence-corrected chi connectivity index (χ3v) is 4.96. The standard InChI is InChI=1S/C20H21ClN4O2/c1-2-27-20(26)25-11-9-24(10-12-25)19-15-5-3-4-6-16(15)22-17-8-7-14(21)13-18(17)23-19/h3-8,13,22H,2,9-12H2,1H3. The van der Waals surface area contributed by atoms with Crippen LogP contribution in [-0.4, -0.2) is 54.5 Å². The summed E-state index contributed by atoms with van der Waals surface area (Å²) in [5, 5.41) is 4.11. The number of benzene rings is 2. The van der Waals surface area contributed by atoms with Gasteiger partial charge in [0.15, 0.2) is 0 Å². The molecule has 0 spiro atoms. The largest absolute Gasteiger partial charge is 0.450 e. The van der Waals surface area contributed by atoms with Crippen LogP contribution >= 0.6 is 11.6 Å². The summed E-state index contributed by atoms with van der Waals surface area (Å²) < 4.78 is 5.11. The molecule has 1 N–H and O–H groups in total. The summed E-state index contributed by atoms with van der Waals surface area (Å²) in [4.78, 5) is 20.9. The average Bonchev–Trinajstić information content (AvgIpc) is 2.85. The molecule has 0 aliphatic carbocycles. The number of ether oxygens (including phenoxy) is 1. The quantitative estimate of drug-likeness (QED) is 0.798. The summed E-state index contributed by atoms with van der Waals surface area (Å²) >= 11 is 6.19. The predicted molar refractivity (Wildman–Crippen MR) is 108 cm³/mol. The number of nitrogens with zero attached hydrogens (tertiary/aromatic N) is 3. The Morgan fingerprint density at radius 1 is 1.15 bits per heavy atom. The number of carbonyl (C=O) groups is 1. The molecule has 140 valence electrons.